The van der Waals surface area contributed by atoms with E-state index in [2.05, 4.69) is 11.1 Å². The van der Waals surface area contributed by atoms with E-state index < -0.39 is 0 Å². The molecule has 0 aliphatic heterocycles. The van der Waals surface area contributed by atoms with E-state index in [9.17, 15) is 5.11 Å². The second-order valence-electron chi connectivity index (χ2n) is 3.49. The van der Waals surface area contributed by atoms with Gasteiger partial charge in [0.2, 0.25) is 0 Å². The van der Waals surface area contributed by atoms with Crippen LogP contribution < -0.4 is 0 Å². The lowest BCUT2D eigenvalue weighted by Crippen LogP contribution is -1.89. The topological polar surface area (TPSA) is 56.9 Å². The van der Waals surface area contributed by atoms with Crippen LogP contribution in [0.3, 0.4) is 0 Å². The van der Waals surface area contributed by atoms with E-state index in [0.29, 0.717) is 15.5 Å². The molecule has 0 saturated heterocycles. The zero-order valence-corrected chi connectivity index (χ0v) is 10.0. The van der Waals surface area contributed by atoms with Crippen LogP contribution in [0, 0.1) is 18.3 Å². The summed E-state index contributed by atoms with van der Waals surface area (Å²) in [4.78, 5) is 5.01. The molecule has 1 N–H and O–H groups in total. The number of aromatic nitrogens is 1. The Kier molecular flexibility index (Phi) is 3.31. The van der Waals surface area contributed by atoms with Gasteiger partial charge in [-0.3, -0.25) is 0 Å². The van der Waals surface area contributed by atoms with Crippen LogP contribution >= 0.6 is 11.8 Å². The Hall–Kier alpha value is -1.99. The van der Waals surface area contributed by atoms with Crippen molar-refractivity contribution in [2.45, 2.75) is 16.8 Å². The molecule has 0 unspecified atom stereocenters. The number of para-hydroxylation sites is 1. The van der Waals surface area contributed by atoms with Crippen molar-refractivity contribution in [3.05, 3.63) is 47.7 Å². The van der Waals surface area contributed by atoms with Gasteiger partial charge in [0.1, 0.15) is 16.8 Å². The number of benzene rings is 1. The molecule has 0 saturated carbocycles. The van der Waals surface area contributed by atoms with E-state index in [-0.39, 0.29) is 5.75 Å². The summed E-state index contributed by atoms with van der Waals surface area (Å²) in [5, 5.41) is 19.3. The fourth-order valence-electron chi connectivity index (χ4n) is 1.34. The fraction of sp³-hybridized carbons (Fsp3) is 0.0769. The van der Waals surface area contributed by atoms with Crippen LogP contribution in [0.1, 0.15) is 11.3 Å². The first-order valence-corrected chi connectivity index (χ1v) is 5.86. The lowest BCUT2D eigenvalue weighted by molar-refractivity contribution is 0.462. The van der Waals surface area contributed by atoms with Gasteiger partial charge in [-0.25, -0.2) is 4.98 Å². The largest absolute Gasteiger partial charge is 0.507 e. The summed E-state index contributed by atoms with van der Waals surface area (Å²) in [7, 11) is 0. The number of phenolic OH excluding ortho intramolecular Hbond substituents is 1. The molecule has 0 radical (unpaired) electrons. The number of nitriles is 1. The predicted molar refractivity (Wildman–Crippen MR) is 65.9 cm³/mol. The number of aryl methyl sites for hydroxylation is 1. The first kappa shape index (κ1) is 11.5. The van der Waals surface area contributed by atoms with Crippen molar-refractivity contribution in [3.8, 4) is 11.8 Å². The predicted octanol–water partition coefficient (Wildman–Crippen LogP) is 3.12. The summed E-state index contributed by atoms with van der Waals surface area (Å²) in [6, 6.07) is 12.6. The number of nitrogens with zero attached hydrogens (tertiary/aromatic N) is 2. The smallest absolute Gasteiger partial charge is 0.129 e. The minimum atomic E-state index is 0.199. The van der Waals surface area contributed by atoms with Crippen LogP contribution in [-0.2, 0) is 0 Å². The standard InChI is InChI=1S/C13H10N2OS/c1-9-6-7-10(8-14)13(15-9)17-12-5-3-2-4-11(12)16/h2-7,16H,1H3. The minimum absolute atomic E-state index is 0.199. The molecule has 2 rings (SSSR count). The number of phenols is 1. The van der Waals surface area contributed by atoms with Crippen molar-refractivity contribution in [1.29, 1.82) is 5.26 Å². The summed E-state index contributed by atoms with van der Waals surface area (Å²) in [6.45, 7) is 1.87. The van der Waals surface area contributed by atoms with Crippen LogP contribution in [0.25, 0.3) is 0 Å². The average Bonchev–Trinajstić information content (AvgIpc) is 2.32. The van der Waals surface area contributed by atoms with E-state index in [4.69, 9.17) is 5.26 Å². The Labute approximate surface area is 104 Å². The highest BCUT2D eigenvalue weighted by molar-refractivity contribution is 7.99. The normalized spacial score (nSPS) is 9.88. The molecule has 0 bridgehead atoms. The third-order valence-electron chi connectivity index (χ3n) is 2.19. The molecule has 0 atom stereocenters. The van der Waals surface area contributed by atoms with Gasteiger partial charge in [0, 0.05) is 5.69 Å². The number of hydrogen-bond donors (Lipinski definition) is 1. The van der Waals surface area contributed by atoms with Gasteiger partial charge in [-0.1, -0.05) is 23.9 Å². The van der Waals surface area contributed by atoms with Gasteiger partial charge in [-0.2, -0.15) is 5.26 Å². The molecule has 2 aromatic rings. The first-order chi connectivity index (χ1) is 8.20. The Morgan fingerprint density at radius 2 is 2.00 bits per heavy atom. The molecule has 0 spiro atoms. The molecular formula is C13H10N2OS. The van der Waals surface area contributed by atoms with Crippen molar-refractivity contribution in [1.82, 2.24) is 4.98 Å². The molecular weight excluding hydrogens is 232 g/mol. The number of aromatic hydroxyl groups is 1. The first-order valence-electron chi connectivity index (χ1n) is 5.04. The van der Waals surface area contributed by atoms with E-state index in [1.165, 1.54) is 11.8 Å². The zero-order valence-electron chi connectivity index (χ0n) is 9.21. The Balaban J connectivity index is 2.40. The van der Waals surface area contributed by atoms with Gasteiger partial charge in [0.15, 0.2) is 0 Å². The monoisotopic (exact) mass is 242 g/mol. The molecule has 0 fully saturated rings. The van der Waals surface area contributed by atoms with Gasteiger partial charge in [-0.15, -0.1) is 0 Å². The molecule has 0 aliphatic carbocycles. The highest BCUT2D eigenvalue weighted by atomic mass is 32.2. The number of rotatable bonds is 2. The highest BCUT2D eigenvalue weighted by Crippen LogP contribution is 2.34. The third-order valence-corrected chi connectivity index (χ3v) is 3.26. The molecule has 0 amide bonds. The Morgan fingerprint density at radius 1 is 1.24 bits per heavy atom. The van der Waals surface area contributed by atoms with Crippen LogP contribution in [0.15, 0.2) is 46.3 Å². The lowest BCUT2D eigenvalue weighted by Gasteiger charge is -2.05. The van der Waals surface area contributed by atoms with E-state index in [0.717, 1.165) is 5.69 Å². The SMILES string of the molecule is Cc1ccc(C#N)c(Sc2ccccc2O)n1. The van der Waals surface area contributed by atoms with Crippen molar-refractivity contribution in [2.75, 3.05) is 0 Å². The summed E-state index contributed by atoms with van der Waals surface area (Å²) < 4.78 is 0. The van der Waals surface area contributed by atoms with Gasteiger partial charge < -0.3 is 5.11 Å². The maximum Gasteiger partial charge on any atom is 0.129 e. The van der Waals surface area contributed by atoms with E-state index >= 15 is 0 Å². The van der Waals surface area contributed by atoms with Gasteiger partial charge in [-0.05, 0) is 31.2 Å². The maximum absolute atomic E-state index is 9.67. The molecule has 1 heterocycles. The van der Waals surface area contributed by atoms with Gasteiger partial charge in [0.05, 0.1) is 10.5 Å². The summed E-state index contributed by atoms with van der Waals surface area (Å²) >= 11 is 1.30. The molecule has 84 valence electrons. The van der Waals surface area contributed by atoms with Gasteiger partial charge in [0.25, 0.3) is 0 Å². The van der Waals surface area contributed by atoms with E-state index in [1.54, 1.807) is 30.3 Å². The zero-order chi connectivity index (χ0) is 12.3. The lowest BCUT2D eigenvalue weighted by atomic mass is 10.3. The summed E-state index contributed by atoms with van der Waals surface area (Å²) in [5.41, 5.74) is 1.37. The van der Waals surface area contributed by atoms with Crippen LogP contribution in [0.2, 0.25) is 0 Å². The number of pyridine rings is 1. The third kappa shape index (κ3) is 2.58. The quantitative estimate of drug-likeness (QED) is 0.879. The number of hydrogen-bond acceptors (Lipinski definition) is 4. The maximum atomic E-state index is 9.67. The molecule has 4 heteroatoms. The molecule has 0 aliphatic rings. The van der Waals surface area contributed by atoms with Crippen molar-refractivity contribution >= 4 is 11.8 Å². The van der Waals surface area contributed by atoms with Crippen molar-refractivity contribution in [3.63, 3.8) is 0 Å². The van der Waals surface area contributed by atoms with Crippen LogP contribution in [0.5, 0.6) is 5.75 Å². The Morgan fingerprint density at radius 3 is 2.71 bits per heavy atom. The second-order valence-corrected chi connectivity index (χ2v) is 4.52. The van der Waals surface area contributed by atoms with Crippen LogP contribution in [0.4, 0.5) is 0 Å². The Bertz CT molecular complexity index is 590. The van der Waals surface area contributed by atoms with Crippen molar-refractivity contribution < 1.29 is 5.11 Å². The van der Waals surface area contributed by atoms with Crippen LogP contribution in [-0.4, -0.2) is 10.1 Å². The molecule has 3 nitrogen and oxygen atoms in total. The fourth-order valence-corrected chi connectivity index (χ4v) is 2.28. The molecule has 1 aromatic carbocycles. The van der Waals surface area contributed by atoms with Crippen molar-refractivity contribution in [2.24, 2.45) is 0 Å². The second kappa shape index (κ2) is 4.89. The molecule has 1 aromatic heterocycles. The summed E-state index contributed by atoms with van der Waals surface area (Å²) in [6.07, 6.45) is 0. The highest BCUT2D eigenvalue weighted by Gasteiger charge is 2.08. The van der Waals surface area contributed by atoms with Gasteiger partial charge >= 0.3 is 0 Å². The average molecular weight is 242 g/mol. The summed E-state index contributed by atoms with van der Waals surface area (Å²) in [5.74, 6) is 0.199. The minimum Gasteiger partial charge on any atom is -0.507 e. The molecule has 17 heavy (non-hydrogen) atoms. The van der Waals surface area contributed by atoms with E-state index in [1.807, 2.05) is 13.0 Å².